The molecule has 24 heavy (non-hydrogen) atoms. The Hall–Kier alpha value is -1.95. The van der Waals surface area contributed by atoms with Crippen molar-refractivity contribution >= 4 is 27.5 Å². The summed E-state index contributed by atoms with van der Waals surface area (Å²) in [6.07, 6.45) is 0.813. The highest BCUT2D eigenvalue weighted by atomic mass is 79.9. The zero-order valence-corrected chi connectivity index (χ0v) is 15.1. The Morgan fingerprint density at radius 2 is 1.92 bits per heavy atom. The van der Waals surface area contributed by atoms with Gasteiger partial charge in [0, 0.05) is 24.7 Å². The monoisotopic (exact) mass is 397 g/mol. The molecule has 6 heteroatoms. The first kappa shape index (κ1) is 18.4. The molecular formula is C18H18BrF2NO2. The van der Waals surface area contributed by atoms with Crippen LogP contribution in [0, 0.1) is 11.6 Å². The molecular weight excluding hydrogens is 380 g/mol. The van der Waals surface area contributed by atoms with Crippen LogP contribution in [0.5, 0.6) is 5.75 Å². The molecule has 2 aromatic rings. The van der Waals surface area contributed by atoms with Gasteiger partial charge in [0.1, 0.15) is 5.75 Å². The Kier molecular flexibility index (Phi) is 6.31. The van der Waals surface area contributed by atoms with Gasteiger partial charge in [-0.25, -0.2) is 8.78 Å². The quantitative estimate of drug-likeness (QED) is 0.705. The summed E-state index contributed by atoms with van der Waals surface area (Å²) in [5, 5.41) is 0. The molecule has 0 unspecified atom stereocenters. The molecule has 0 aromatic heterocycles. The second-order valence-electron chi connectivity index (χ2n) is 5.21. The van der Waals surface area contributed by atoms with Gasteiger partial charge in [0.05, 0.1) is 11.6 Å². The fourth-order valence-corrected chi connectivity index (χ4v) is 3.00. The number of nitrogens with zero attached hydrogens (tertiary/aromatic N) is 1. The van der Waals surface area contributed by atoms with Crippen LogP contribution >= 0.6 is 15.9 Å². The molecule has 0 heterocycles. The van der Waals surface area contributed by atoms with E-state index in [1.54, 1.807) is 14.0 Å². The molecule has 0 saturated heterocycles. The Labute approximate surface area is 148 Å². The molecule has 3 nitrogen and oxygen atoms in total. The summed E-state index contributed by atoms with van der Waals surface area (Å²) >= 11 is 3.41. The molecule has 0 saturated carbocycles. The van der Waals surface area contributed by atoms with Crippen molar-refractivity contribution in [3.63, 3.8) is 0 Å². The second kappa shape index (κ2) is 8.24. The largest absolute Gasteiger partial charge is 0.496 e. The zero-order valence-electron chi connectivity index (χ0n) is 13.5. The zero-order chi connectivity index (χ0) is 17.7. The van der Waals surface area contributed by atoms with Crippen molar-refractivity contribution in [2.45, 2.75) is 19.8 Å². The van der Waals surface area contributed by atoms with Crippen molar-refractivity contribution in [1.29, 1.82) is 0 Å². The number of hydrogen-bond donors (Lipinski definition) is 0. The molecule has 0 bridgehead atoms. The van der Waals surface area contributed by atoms with Crippen LogP contribution in [0.3, 0.4) is 0 Å². The highest BCUT2D eigenvalue weighted by molar-refractivity contribution is 9.10. The highest BCUT2D eigenvalue weighted by Crippen LogP contribution is 2.26. The lowest BCUT2D eigenvalue weighted by atomic mass is 10.1. The van der Waals surface area contributed by atoms with Crippen LogP contribution in [0.15, 0.2) is 40.9 Å². The number of methoxy groups -OCH3 is 1. The van der Waals surface area contributed by atoms with Crippen molar-refractivity contribution in [1.82, 2.24) is 0 Å². The third-order valence-electron chi connectivity index (χ3n) is 3.68. The van der Waals surface area contributed by atoms with Gasteiger partial charge >= 0.3 is 0 Å². The van der Waals surface area contributed by atoms with Gasteiger partial charge in [-0.3, -0.25) is 4.79 Å². The van der Waals surface area contributed by atoms with E-state index in [-0.39, 0.29) is 12.3 Å². The SMILES string of the molecule is CCN(C(=O)CCc1ccc(OC)c(Br)c1)c1ccc(F)c(F)c1. The lowest BCUT2D eigenvalue weighted by Crippen LogP contribution is -2.30. The van der Waals surface area contributed by atoms with E-state index in [4.69, 9.17) is 4.74 Å². The van der Waals surface area contributed by atoms with E-state index in [9.17, 15) is 13.6 Å². The molecule has 0 aliphatic carbocycles. The van der Waals surface area contributed by atoms with Crippen molar-refractivity contribution in [3.05, 3.63) is 58.1 Å². The van der Waals surface area contributed by atoms with Crippen LogP contribution < -0.4 is 9.64 Å². The lowest BCUT2D eigenvalue weighted by molar-refractivity contribution is -0.118. The molecule has 0 radical (unpaired) electrons. The van der Waals surface area contributed by atoms with E-state index in [1.807, 2.05) is 18.2 Å². The van der Waals surface area contributed by atoms with Crippen LogP contribution in [0.2, 0.25) is 0 Å². The Morgan fingerprint density at radius 1 is 1.17 bits per heavy atom. The van der Waals surface area contributed by atoms with Gasteiger partial charge in [-0.2, -0.15) is 0 Å². The number of anilines is 1. The summed E-state index contributed by atoms with van der Waals surface area (Å²) < 4.78 is 32.4. The first-order valence-electron chi connectivity index (χ1n) is 7.54. The summed E-state index contributed by atoms with van der Waals surface area (Å²) in [6, 6.07) is 9.10. The predicted molar refractivity (Wildman–Crippen MR) is 93.4 cm³/mol. The number of amides is 1. The molecule has 0 fully saturated rings. The summed E-state index contributed by atoms with van der Waals surface area (Å²) in [7, 11) is 1.59. The maximum absolute atomic E-state index is 13.4. The van der Waals surface area contributed by atoms with Crippen molar-refractivity contribution < 1.29 is 18.3 Å². The van der Waals surface area contributed by atoms with Crippen molar-refractivity contribution in [2.24, 2.45) is 0 Å². The first-order chi connectivity index (χ1) is 11.5. The topological polar surface area (TPSA) is 29.5 Å². The van der Waals surface area contributed by atoms with E-state index >= 15 is 0 Å². The molecule has 0 N–H and O–H groups in total. The van der Waals surface area contributed by atoms with E-state index in [0.717, 1.165) is 27.9 Å². The first-order valence-corrected chi connectivity index (χ1v) is 8.33. The maximum atomic E-state index is 13.4. The minimum absolute atomic E-state index is 0.143. The summed E-state index contributed by atoms with van der Waals surface area (Å²) in [5.74, 6) is -1.30. The number of hydrogen-bond acceptors (Lipinski definition) is 2. The average molecular weight is 398 g/mol. The van der Waals surface area contributed by atoms with Crippen molar-refractivity contribution in [2.75, 3.05) is 18.6 Å². The number of ether oxygens (including phenoxy) is 1. The van der Waals surface area contributed by atoms with Crippen LogP contribution in [-0.4, -0.2) is 19.6 Å². The smallest absolute Gasteiger partial charge is 0.227 e. The Balaban J connectivity index is 2.06. The number of carbonyl (C=O) groups excluding carboxylic acids is 1. The molecule has 0 atom stereocenters. The van der Waals surface area contributed by atoms with Gasteiger partial charge in [0.25, 0.3) is 0 Å². The molecule has 2 aromatic carbocycles. The number of rotatable bonds is 6. The van der Waals surface area contributed by atoms with Gasteiger partial charge < -0.3 is 9.64 Å². The third kappa shape index (κ3) is 4.32. The fourth-order valence-electron chi connectivity index (χ4n) is 2.41. The lowest BCUT2D eigenvalue weighted by Gasteiger charge is -2.21. The van der Waals surface area contributed by atoms with Crippen molar-refractivity contribution in [3.8, 4) is 5.75 Å². The fraction of sp³-hybridized carbons (Fsp3) is 0.278. The summed E-state index contributed by atoms with van der Waals surface area (Å²) in [4.78, 5) is 13.9. The van der Waals surface area contributed by atoms with Crippen LogP contribution in [0.1, 0.15) is 18.9 Å². The van der Waals surface area contributed by atoms with Crippen LogP contribution in [0.25, 0.3) is 0 Å². The third-order valence-corrected chi connectivity index (χ3v) is 4.30. The van der Waals surface area contributed by atoms with E-state index in [0.29, 0.717) is 18.7 Å². The molecule has 2 rings (SSSR count). The highest BCUT2D eigenvalue weighted by Gasteiger charge is 2.16. The van der Waals surface area contributed by atoms with Gasteiger partial charge in [0.2, 0.25) is 5.91 Å². The molecule has 0 spiro atoms. The predicted octanol–water partition coefficient (Wildman–Crippen LogP) is 4.72. The Bertz CT molecular complexity index is 737. The van der Waals surface area contributed by atoms with Gasteiger partial charge in [-0.05, 0) is 59.1 Å². The molecule has 128 valence electrons. The molecule has 1 amide bonds. The van der Waals surface area contributed by atoms with Gasteiger partial charge in [-0.15, -0.1) is 0 Å². The number of carbonyl (C=O) groups is 1. The average Bonchev–Trinajstić information content (AvgIpc) is 2.57. The second-order valence-corrected chi connectivity index (χ2v) is 6.06. The number of benzene rings is 2. The minimum Gasteiger partial charge on any atom is -0.496 e. The molecule has 0 aliphatic heterocycles. The normalized spacial score (nSPS) is 10.5. The summed E-state index contributed by atoms with van der Waals surface area (Å²) in [6.45, 7) is 2.18. The Morgan fingerprint density at radius 3 is 2.50 bits per heavy atom. The van der Waals surface area contributed by atoms with Gasteiger partial charge in [-0.1, -0.05) is 6.07 Å². The maximum Gasteiger partial charge on any atom is 0.227 e. The summed E-state index contributed by atoms with van der Waals surface area (Å²) in [5.41, 5.74) is 1.34. The number of aryl methyl sites for hydroxylation is 1. The standard InChI is InChI=1S/C18H18BrF2NO2/c1-3-22(13-6-7-15(20)16(21)11-13)18(23)9-5-12-4-8-17(24-2)14(19)10-12/h4,6-8,10-11H,3,5,9H2,1-2H3. The van der Waals surface area contributed by atoms with Gasteiger partial charge in [0.15, 0.2) is 11.6 Å². The molecule has 0 aliphatic rings. The number of halogens is 3. The van der Waals surface area contributed by atoms with Crippen LogP contribution in [-0.2, 0) is 11.2 Å². The van der Waals surface area contributed by atoms with Crippen LogP contribution in [0.4, 0.5) is 14.5 Å². The minimum atomic E-state index is -0.960. The van der Waals surface area contributed by atoms with E-state index in [2.05, 4.69) is 15.9 Å². The van der Waals surface area contributed by atoms with E-state index < -0.39 is 11.6 Å². The van der Waals surface area contributed by atoms with E-state index in [1.165, 1.54) is 11.0 Å².